The van der Waals surface area contributed by atoms with Gasteiger partial charge in [-0.2, -0.15) is 0 Å². The quantitative estimate of drug-likeness (QED) is 0.182. The van der Waals surface area contributed by atoms with Crippen LogP contribution in [0, 0.1) is 17.3 Å². The van der Waals surface area contributed by atoms with Crippen molar-refractivity contribution in [3.63, 3.8) is 0 Å². The van der Waals surface area contributed by atoms with E-state index in [0.717, 1.165) is 57.2 Å². The van der Waals surface area contributed by atoms with Crippen LogP contribution in [0.5, 0.6) is 11.5 Å². The summed E-state index contributed by atoms with van der Waals surface area (Å²) in [7, 11) is 0. The van der Waals surface area contributed by atoms with E-state index >= 15 is 0 Å². The number of para-hydroxylation sites is 2. The van der Waals surface area contributed by atoms with Crippen LogP contribution in [0.15, 0.2) is 152 Å². The minimum atomic E-state index is -0.488. The summed E-state index contributed by atoms with van der Waals surface area (Å²) in [4.78, 5) is 10.5. The lowest BCUT2D eigenvalue weighted by atomic mass is 9.54. The first kappa shape index (κ1) is 31.5. The zero-order chi connectivity index (χ0) is 36.4. The molecule has 12 rings (SSSR count). The van der Waals surface area contributed by atoms with Gasteiger partial charge in [-0.3, -0.25) is 0 Å². The Morgan fingerprint density at radius 2 is 1.20 bits per heavy atom. The van der Waals surface area contributed by atoms with E-state index in [-0.39, 0.29) is 0 Å². The Bertz CT molecular complexity index is 2640. The van der Waals surface area contributed by atoms with Gasteiger partial charge in [0.2, 0.25) is 0 Å². The molecule has 2 bridgehead atoms. The molecule has 3 nitrogen and oxygen atoms in total. The maximum Gasteiger partial charge on any atom is 0.160 e. The molecule has 1 spiro atoms. The highest BCUT2D eigenvalue weighted by Crippen LogP contribution is 2.70. The fourth-order valence-corrected chi connectivity index (χ4v) is 12.2. The molecule has 4 aliphatic carbocycles. The molecule has 1 aromatic heterocycles. The van der Waals surface area contributed by atoms with Gasteiger partial charge in [0.1, 0.15) is 11.5 Å². The fraction of sp³-hybridized carbons (Fsp3) is 0.231. The Morgan fingerprint density at radius 3 is 1.96 bits per heavy atom. The summed E-state index contributed by atoms with van der Waals surface area (Å²) in [5.41, 5.74) is 14.4. The molecule has 3 unspecified atom stereocenters. The van der Waals surface area contributed by atoms with Crippen molar-refractivity contribution in [1.82, 2.24) is 9.97 Å². The molecular formula is C52H42N2O. The molecule has 55 heavy (non-hydrogen) atoms. The van der Waals surface area contributed by atoms with Crippen LogP contribution in [0.2, 0.25) is 0 Å². The Kier molecular flexibility index (Phi) is 6.52. The van der Waals surface area contributed by atoms with Gasteiger partial charge in [-0.15, -0.1) is 0 Å². The van der Waals surface area contributed by atoms with Gasteiger partial charge in [-0.05, 0) is 100 Å². The van der Waals surface area contributed by atoms with Crippen LogP contribution in [0.4, 0.5) is 0 Å². The SMILES string of the molecule is C[C@]12CC3CCCC(c4ccc(-c5cc(-c6ccc7c(c6)-c6ccccc6C76c7ccccc7Oc7ccccc76)nc(-c6ccccc6)n5)cc4)(CC31)C2. The predicted octanol–water partition coefficient (Wildman–Crippen LogP) is 12.8. The van der Waals surface area contributed by atoms with E-state index in [1.54, 1.807) is 0 Å². The Labute approximate surface area is 323 Å². The highest BCUT2D eigenvalue weighted by Gasteiger charge is 2.62. The first-order chi connectivity index (χ1) is 27.0. The number of fused-ring (bicyclic) bond motifs is 10. The van der Waals surface area contributed by atoms with Crippen LogP contribution >= 0.6 is 0 Å². The van der Waals surface area contributed by atoms with E-state index in [1.165, 1.54) is 77.5 Å². The van der Waals surface area contributed by atoms with Gasteiger partial charge in [-0.25, -0.2) is 9.97 Å². The minimum Gasteiger partial charge on any atom is -0.457 e. The predicted molar refractivity (Wildman–Crippen MR) is 220 cm³/mol. The third kappa shape index (κ3) is 4.38. The average molecular weight is 711 g/mol. The first-order valence-electron chi connectivity index (χ1n) is 20.2. The maximum absolute atomic E-state index is 6.55. The molecular weight excluding hydrogens is 669 g/mol. The second-order valence-corrected chi connectivity index (χ2v) is 17.3. The van der Waals surface area contributed by atoms with E-state index in [4.69, 9.17) is 14.7 Å². The normalized spacial score (nSPS) is 24.5. The van der Waals surface area contributed by atoms with E-state index < -0.39 is 5.41 Å². The summed E-state index contributed by atoms with van der Waals surface area (Å²) in [6.45, 7) is 2.57. The van der Waals surface area contributed by atoms with E-state index in [1.807, 2.05) is 0 Å². The lowest BCUT2D eigenvalue weighted by Gasteiger charge is -2.50. The molecule has 3 heteroatoms. The second kappa shape index (κ2) is 11.4. The molecule has 0 radical (unpaired) electrons. The molecule has 5 aliphatic rings. The second-order valence-electron chi connectivity index (χ2n) is 17.3. The van der Waals surface area contributed by atoms with Crippen LogP contribution in [0.25, 0.3) is 45.0 Å². The van der Waals surface area contributed by atoms with Gasteiger partial charge in [0.15, 0.2) is 5.82 Å². The Morgan fingerprint density at radius 1 is 0.564 bits per heavy atom. The summed E-state index contributed by atoms with van der Waals surface area (Å²) in [5, 5.41) is 0. The molecule has 7 aromatic rings. The standard InChI is InChI=1S/C52H42N2O/c1-50-30-36-14-11-27-51(32-50,31-44(36)50)37-24-21-33(22-25-37)45-29-46(54-49(53-45)34-12-3-2-4-13-34)35-23-26-41-39(28-35)38-15-5-6-16-40(38)52(41)42-17-7-9-19-47(42)55-48-20-10-8-18-43(48)52/h2-10,12-13,15-26,28-29,36,44H,11,14,27,30-32H2,1H3/t36?,44?,50-,51?/m1/s1. The van der Waals surface area contributed by atoms with Crippen molar-refractivity contribution < 1.29 is 4.74 Å². The van der Waals surface area contributed by atoms with Crippen LogP contribution in [0.1, 0.15) is 73.3 Å². The molecule has 6 aromatic carbocycles. The number of nitrogens with zero attached hydrogens (tertiary/aromatic N) is 2. The van der Waals surface area contributed by atoms with Gasteiger partial charge < -0.3 is 4.74 Å². The van der Waals surface area contributed by atoms with E-state index in [0.29, 0.717) is 10.8 Å². The lowest BCUT2D eigenvalue weighted by Crippen LogP contribution is -2.42. The Balaban J connectivity index is 1.00. The molecule has 266 valence electrons. The van der Waals surface area contributed by atoms with Crippen molar-refractivity contribution in [3.8, 4) is 56.5 Å². The summed E-state index contributed by atoms with van der Waals surface area (Å²) >= 11 is 0. The van der Waals surface area contributed by atoms with Crippen LogP contribution in [-0.4, -0.2) is 9.97 Å². The smallest absolute Gasteiger partial charge is 0.160 e. The summed E-state index contributed by atoms with van der Waals surface area (Å²) in [6, 6.07) is 55.1. The van der Waals surface area contributed by atoms with Crippen molar-refractivity contribution in [2.75, 3.05) is 0 Å². The molecule has 3 saturated carbocycles. The number of ether oxygens (including phenoxy) is 1. The van der Waals surface area contributed by atoms with Gasteiger partial charge in [0, 0.05) is 27.8 Å². The monoisotopic (exact) mass is 710 g/mol. The average Bonchev–Trinajstić information content (AvgIpc) is 3.57. The lowest BCUT2D eigenvalue weighted by molar-refractivity contribution is -0.00665. The third-order valence-electron chi connectivity index (χ3n) is 14.5. The summed E-state index contributed by atoms with van der Waals surface area (Å²) in [5.74, 6) is 4.44. The third-order valence-corrected chi connectivity index (χ3v) is 14.5. The highest BCUT2D eigenvalue weighted by atomic mass is 16.5. The van der Waals surface area contributed by atoms with Gasteiger partial charge >= 0.3 is 0 Å². The van der Waals surface area contributed by atoms with Crippen molar-refractivity contribution in [1.29, 1.82) is 0 Å². The summed E-state index contributed by atoms with van der Waals surface area (Å²) in [6.07, 6.45) is 8.29. The Hall–Kier alpha value is -5.80. The maximum atomic E-state index is 6.55. The molecule has 1 aliphatic heterocycles. The number of hydrogen-bond acceptors (Lipinski definition) is 3. The zero-order valence-electron chi connectivity index (χ0n) is 31.1. The van der Waals surface area contributed by atoms with Gasteiger partial charge in [0.25, 0.3) is 0 Å². The molecule has 0 amide bonds. The zero-order valence-corrected chi connectivity index (χ0v) is 31.1. The van der Waals surface area contributed by atoms with Crippen LogP contribution in [0.3, 0.4) is 0 Å². The van der Waals surface area contributed by atoms with Crippen molar-refractivity contribution in [3.05, 3.63) is 179 Å². The first-order valence-corrected chi connectivity index (χ1v) is 20.2. The van der Waals surface area contributed by atoms with E-state index in [9.17, 15) is 0 Å². The number of benzene rings is 6. The van der Waals surface area contributed by atoms with Gasteiger partial charge in [0.05, 0.1) is 16.8 Å². The molecule has 0 N–H and O–H groups in total. The fourth-order valence-electron chi connectivity index (χ4n) is 12.2. The number of rotatable bonds is 4. The topological polar surface area (TPSA) is 35.0 Å². The van der Waals surface area contributed by atoms with E-state index in [2.05, 4.69) is 159 Å². The summed E-state index contributed by atoms with van der Waals surface area (Å²) < 4.78 is 6.55. The van der Waals surface area contributed by atoms with Gasteiger partial charge in [-0.1, -0.05) is 147 Å². The molecule has 3 fully saturated rings. The number of aromatic nitrogens is 2. The molecule has 2 heterocycles. The minimum absolute atomic E-state index is 0.332. The highest BCUT2D eigenvalue weighted by molar-refractivity contribution is 5.90. The van der Waals surface area contributed by atoms with Crippen molar-refractivity contribution in [2.24, 2.45) is 17.3 Å². The largest absolute Gasteiger partial charge is 0.457 e. The molecule has 4 atom stereocenters. The van der Waals surface area contributed by atoms with Crippen molar-refractivity contribution >= 4 is 0 Å². The molecule has 0 saturated heterocycles. The van der Waals surface area contributed by atoms with Crippen LogP contribution in [-0.2, 0) is 10.8 Å². The van der Waals surface area contributed by atoms with Crippen molar-refractivity contribution in [2.45, 2.75) is 56.3 Å². The number of hydrogen-bond donors (Lipinski definition) is 0. The van der Waals surface area contributed by atoms with Crippen LogP contribution < -0.4 is 4.74 Å².